The van der Waals surface area contributed by atoms with E-state index < -0.39 is 47.1 Å². The van der Waals surface area contributed by atoms with Crippen LogP contribution < -0.4 is 5.32 Å². The van der Waals surface area contributed by atoms with Crippen molar-refractivity contribution in [3.05, 3.63) is 70.5 Å². The number of ether oxygens (including phenoxy) is 2. The summed E-state index contributed by atoms with van der Waals surface area (Å²) in [4.78, 5) is 0. The van der Waals surface area contributed by atoms with Crippen molar-refractivity contribution in [2.45, 2.75) is 68.8 Å². The second-order valence-electron chi connectivity index (χ2n) is 10.3. The minimum Gasteiger partial charge on any atom is -0.390 e. The molecule has 2 heterocycles. The van der Waals surface area contributed by atoms with Crippen LogP contribution in [0.2, 0.25) is 0 Å². The first-order valence-electron chi connectivity index (χ1n) is 12.5. The molecule has 0 spiro atoms. The lowest BCUT2D eigenvalue weighted by molar-refractivity contribution is -0.192. The zero-order valence-corrected chi connectivity index (χ0v) is 20.7. The SMILES string of the molecule is CC1(O)CCNC(C2CCOC(OCCc3cc(C(F)(F)F)cc(C(F)(F)F)c3)C2c2ccc(F)cc2)C1. The van der Waals surface area contributed by atoms with Gasteiger partial charge in [0.1, 0.15) is 5.82 Å². The molecule has 2 aliphatic rings. The van der Waals surface area contributed by atoms with Crippen LogP contribution in [-0.4, -0.2) is 42.8 Å². The lowest BCUT2D eigenvalue weighted by atomic mass is 9.73. The Morgan fingerprint density at radius 3 is 2.24 bits per heavy atom. The van der Waals surface area contributed by atoms with Gasteiger partial charge in [0.15, 0.2) is 6.29 Å². The molecule has 2 saturated heterocycles. The van der Waals surface area contributed by atoms with Gasteiger partial charge in [0.05, 0.1) is 29.9 Å². The van der Waals surface area contributed by atoms with E-state index in [1.165, 1.54) is 12.1 Å². The van der Waals surface area contributed by atoms with E-state index in [2.05, 4.69) is 5.32 Å². The minimum absolute atomic E-state index is 0.0728. The van der Waals surface area contributed by atoms with E-state index >= 15 is 0 Å². The molecule has 5 unspecified atom stereocenters. The van der Waals surface area contributed by atoms with Crippen LogP contribution in [0.25, 0.3) is 0 Å². The van der Waals surface area contributed by atoms with Crippen LogP contribution in [0, 0.1) is 11.7 Å². The van der Waals surface area contributed by atoms with Crippen molar-refractivity contribution >= 4 is 0 Å². The van der Waals surface area contributed by atoms with Gasteiger partial charge in [-0.25, -0.2) is 4.39 Å². The number of halogens is 7. The molecule has 0 amide bonds. The van der Waals surface area contributed by atoms with Crippen LogP contribution >= 0.6 is 0 Å². The molecule has 4 nitrogen and oxygen atoms in total. The third kappa shape index (κ3) is 7.05. The van der Waals surface area contributed by atoms with Crippen LogP contribution in [0.1, 0.15) is 54.4 Å². The number of benzene rings is 2. The number of piperidine rings is 1. The highest BCUT2D eigenvalue weighted by Crippen LogP contribution is 2.42. The summed E-state index contributed by atoms with van der Waals surface area (Å²) < 4.78 is 105. The van der Waals surface area contributed by atoms with Crippen molar-refractivity contribution in [3.63, 3.8) is 0 Å². The van der Waals surface area contributed by atoms with E-state index in [0.717, 1.165) is 5.56 Å². The van der Waals surface area contributed by atoms with Gasteiger partial charge in [-0.15, -0.1) is 0 Å². The Morgan fingerprint density at radius 2 is 1.66 bits per heavy atom. The second kappa shape index (κ2) is 11.1. The molecule has 4 rings (SSSR count). The van der Waals surface area contributed by atoms with Crippen LogP contribution in [0.3, 0.4) is 0 Å². The number of aliphatic hydroxyl groups is 1. The third-order valence-electron chi connectivity index (χ3n) is 7.31. The first kappa shape index (κ1) is 28.8. The van der Waals surface area contributed by atoms with Gasteiger partial charge < -0.3 is 19.9 Å². The van der Waals surface area contributed by atoms with E-state index in [0.29, 0.717) is 44.5 Å². The predicted octanol–water partition coefficient (Wildman–Crippen LogP) is 6.07. The van der Waals surface area contributed by atoms with Crippen molar-refractivity contribution in [2.24, 2.45) is 5.92 Å². The standard InChI is InChI=1S/C27H30F7NO3/c1-25(36)8-9-35-22(15-25)21-7-11-38-24(23(21)17-2-4-20(28)5-3-17)37-10-6-16-12-18(26(29,30)31)14-19(13-16)27(32,33)34/h2-5,12-14,21-24,35-36H,6-11,15H2,1H3. The molecule has 38 heavy (non-hydrogen) atoms. The maximum atomic E-state index is 13.7. The molecule has 11 heteroatoms. The zero-order chi connectivity index (χ0) is 27.7. The molecule has 0 bridgehead atoms. The molecule has 0 radical (unpaired) electrons. The van der Waals surface area contributed by atoms with E-state index in [4.69, 9.17) is 9.47 Å². The fourth-order valence-corrected chi connectivity index (χ4v) is 5.43. The van der Waals surface area contributed by atoms with Crippen LogP contribution in [-0.2, 0) is 28.2 Å². The maximum Gasteiger partial charge on any atom is 0.416 e. The Kier molecular flexibility index (Phi) is 8.42. The average molecular weight is 550 g/mol. The Balaban J connectivity index is 1.54. The minimum atomic E-state index is -4.93. The highest BCUT2D eigenvalue weighted by molar-refractivity contribution is 5.34. The smallest absolute Gasteiger partial charge is 0.390 e. The normalized spacial score (nSPS) is 28.9. The molecule has 0 aliphatic carbocycles. The quantitative estimate of drug-likeness (QED) is 0.430. The summed E-state index contributed by atoms with van der Waals surface area (Å²) >= 11 is 0. The highest BCUT2D eigenvalue weighted by atomic mass is 19.4. The summed E-state index contributed by atoms with van der Waals surface area (Å²) in [6.07, 6.45) is -9.24. The van der Waals surface area contributed by atoms with Gasteiger partial charge in [-0.05, 0) is 86.5 Å². The fraction of sp³-hybridized carbons (Fsp3) is 0.556. The van der Waals surface area contributed by atoms with Crippen molar-refractivity contribution in [1.82, 2.24) is 5.32 Å². The summed E-state index contributed by atoms with van der Waals surface area (Å²) in [5.41, 5.74) is -3.06. The topological polar surface area (TPSA) is 50.7 Å². The van der Waals surface area contributed by atoms with Crippen molar-refractivity contribution in [2.75, 3.05) is 19.8 Å². The van der Waals surface area contributed by atoms with Crippen LogP contribution in [0.4, 0.5) is 30.7 Å². The third-order valence-corrected chi connectivity index (χ3v) is 7.31. The molecule has 2 aromatic carbocycles. The Hall–Kier alpha value is -2.21. The largest absolute Gasteiger partial charge is 0.416 e. The van der Waals surface area contributed by atoms with Crippen LogP contribution in [0.5, 0.6) is 0 Å². The van der Waals surface area contributed by atoms with Gasteiger partial charge in [0, 0.05) is 12.0 Å². The molecule has 2 N–H and O–H groups in total. The van der Waals surface area contributed by atoms with Gasteiger partial charge in [0.25, 0.3) is 0 Å². The monoisotopic (exact) mass is 549 g/mol. The fourth-order valence-electron chi connectivity index (χ4n) is 5.43. The van der Waals surface area contributed by atoms with E-state index in [-0.39, 0.29) is 36.6 Å². The molecule has 210 valence electrons. The van der Waals surface area contributed by atoms with Gasteiger partial charge in [0.2, 0.25) is 0 Å². The summed E-state index contributed by atoms with van der Waals surface area (Å²) in [7, 11) is 0. The average Bonchev–Trinajstić information content (AvgIpc) is 2.83. The number of rotatable bonds is 6. The number of alkyl halides is 6. The first-order valence-corrected chi connectivity index (χ1v) is 12.5. The summed E-state index contributed by atoms with van der Waals surface area (Å²) in [5.74, 6) is -0.900. The Labute approximate surface area is 216 Å². The number of hydrogen-bond donors (Lipinski definition) is 2. The molecule has 2 fully saturated rings. The number of hydrogen-bond acceptors (Lipinski definition) is 4. The molecule has 0 aromatic heterocycles. The lowest BCUT2D eigenvalue weighted by Gasteiger charge is -2.46. The molecule has 2 aliphatic heterocycles. The zero-order valence-electron chi connectivity index (χ0n) is 20.7. The Bertz CT molecular complexity index is 1050. The van der Waals surface area contributed by atoms with E-state index in [9.17, 15) is 35.8 Å². The number of nitrogens with one attached hydrogen (secondary N) is 1. The van der Waals surface area contributed by atoms with E-state index in [1.807, 2.05) is 0 Å². The van der Waals surface area contributed by atoms with E-state index in [1.54, 1.807) is 19.1 Å². The van der Waals surface area contributed by atoms with Gasteiger partial charge in [-0.1, -0.05) is 12.1 Å². The van der Waals surface area contributed by atoms with Crippen molar-refractivity contribution in [3.8, 4) is 0 Å². The maximum absolute atomic E-state index is 13.7. The molecule has 0 saturated carbocycles. The summed E-state index contributed by atoms with van der Waals surface area (Å²) in [6.45, 7) is 2.50. The first-order chi connectivity index (χ1) is 17.7. The lowest BCUT2D eigenvalue weighted by Crippen LogP contribution is -2.54. The molecular formula is C27H30F7NO3. The molecule has 5 atom stereocenters. The van der Waals surface area contributed by atoms with Crippen molar-refractivity contribution in [1.29, 1.82) is 0 Å². The summed E-state index contributed by atoms with van der Waals surface area (Å²) in [6, 6.07) is 7.22. The predicted molar refractivity (Wildman–Crippen MR) is 125 cm³/mol. The molecular weight excluding hydrogens is 519 g/mol. The van der Waals surface area contributed by atoms with Gasteiger partial charge >= 0.3 is 12.4 Å². The second-order valence-corrected chi connectivity index (χ2v) is 10.3. The van der Waals surface area contributed by atoms with Crippen LogP contribution in [0.15, 0.2) is 42.5 Å². The summed E-state index contributed by atoms with van der Waals surface area (Å²) in [5, 5.41) is 14.1. The Morgan fingerprint density at radius 1 is 1.03 bits per heavy atom. The van der Waals surface area contributed by atoms with Gasteiger partial charge in [-0.3, -0.25) is 0 Å². The van der Waals surface area contributed by atoms with Gasteiger partial charge in [-0.2, -0.15) is 26.3 Å². The molecule has 2 aromatic rings. The van der Waals surface area contributed by atoms with Crippen molar-refractivity contribution < 1.29 is 45.3 Å². The highest BCUT2D eigenvalue weighted by Gasteiger charge is 2.43.